The number of hydrogen-bond donors (Lipinski definition) is 1. The number of ketones is 1. The maximum Gasteiger partial charge on any atom is 0.164 e. The predicted molar refractivity (Wildman–Crippen MR) is 232 cm³/mol. The van der Waals surface area contributed by atoms with E-state index in [1.54, 1.807) is 10.8 Å². The smallest absolute Gasteiger partial charge is 0.164 e. The van der Waals surface area contributed by atoms with Crippen molar-refractivity contribution in [3.63, 3.8) is 0 Å². The zero-order valence-electron chi connectivity index (χ0n) is 34.9. The van der Waals surface area contributed by atoms with Crippen LogP contribution in [0.2, 0.25) is 19.6 Å². The van der Waals surface area contributed by atoms with Crippen LogP contribution in [0.4, 0.5) is 0 Å². The number of aromatic nitrogens is 1. The molecule has 0 bridgehead atoms. The Bertz CT molecular complexity index is 2130. The van der Waals surface area contributed by atoms with Crippen LogP contribution in [0.15, 0.2) is 72.6 Å². The molecule has 0 saturated heterocycles. The standard InChI is InChI=1S/C34H36NSi.C15H28O2.Ir/c1-22-18-23(2)27-14-15-30-29(31(27)19-22)16-17-35-34(30)26-20-25-12-9-13-28(24-10-7-6-8-11-24)33(25)32(21-26)36(3,4)5;1-7-14(5,8-2)12(16)11-13(17)15(6,9-3)10-4;/h9,12-19,21,24H,6-8,10-11H2,1-5H3;11,16H,7-10H2,1-6H3;/q-1;;/b;12-11-;. The molecule has 4 aromatic carbocycles. The van der Waals surface area contributed by atoms with Crippen LogP contribution in [0.1, 0.15) is 122 Å². The number of carbonyl (C=O) groups excluding carboxylic acids is 1. The second kappa shape index (κ2) is 17.8. The summed E-state index contributed by atoms with van der Waals surface area (Å²) in [6, 6.07) is 24.6. The van der Waals surface area contributed by atoms with E-state index in [1.165, 1.54) is 81.6 Å². The van der Waals surface area contributed by atoms with Crippen molar-refractivity contribution in [3.8, 4) is 11.3 Å². The molecule has 0 spiro atoms. The van der Waals surface area contributed by atoms with E-state index in [2.05, 4.69) is 94.2 Å². The molecule has 3 nitrogen and oxygen atoms in total. The van der Waals surface area contributed by atoms with Crippen molar-refractivity contribution in [1.82, 2.24) is 4.98 Å². The molecule has 0 aliphatic heterocycles. The summed E-state index contributed by atoms with van der Waals surface area (Å²) in [4.78, 5) is 17.1. The summed E-state index contributed by atoms with van der Waals surface area (Å²) >= 11 is 0. The molecule has 5 heteroatoms. The summed E-state index contributed by atoms with van der Waals surface area (Å²) in [6.07, 6.45) is 13.5. The quantitative estimate of drug-likeness (QED) is 0.0499. The van der Waals surface area contributed by atoms with Crippen LogP contribution in [0.25, 0.3) is 43.6 Å². The van der Waals surface area contributed by atoms with Gasteiger partial charge >= 0.3 is 0 Å². The summed E-state index contributed by atoms with van der Waals surface area (Å²) in [5.41, 5.74) is 5.79. The Morgan fingerprint density at radius 1 is 0.833 bits per heavy atom. The van der Waals surface area contributed by atoms with Gasteiger partial charge < -0.3 is 5.11 Å². The number of aryl methyl sites for hydroxylation is 2. The van der Waals surface area contributed by atoms with Gasteiger partial charge in [0.2, 0.25) is 0 Å². The third-order valence-corrected chi connectivity index (χ3v) is 14.9. The Morgan fingerprint density at radius 2 is 1.46 bits per heavy atom. The zero-order valence-corrected chi connectivity index (χ0v) is 38.3. The van der Waals surface area contributed by atoms with Gasteiger partial charge in [0.25, 0.3) is 0 Å². The Labute approximate surface area is 340 Å². The molecule has 0 amide bonds. The van der Waals surface area contributed by atoms with E-state index in [4.69, 9.17) is 4.98 Å². The molecule has 291 valence electrons. The van der Waals surface area contributed by atoms with Gasteiger partial charge in [0.15, 0.2) is 5.78 Å². The Kier molecular flexibility index (Phi) is 14.4. The van der Waals surface area contributed by atoms with Crippen molar-refractivity contribution in [2.24, 2.45) is 10.8 Å². The van der Waals surface area contributed by atoms with E-state index >= 15 is 0 Å². The van der Waals surface area contributed by atoms with Gasteiger partial charge in [-0.2, -0.15) is 0 Å². The molecule has 1 saturated carbocycles. The molecule has 1 heterocycles. The first-order valence-electron chi connectivity index (χ1n) is 20.3. The number of fused-ring (bicyclic) bond motifs is 4. The number of hydrogen-bond acceptors (Lipinski definition) is 3. The predicted octanol–water partition coefficient (Wildman–Crippen LogP) is 13.9. The summed E-state index contributed by atoms with van der Waals surface area (Å²) in [5, 5.41) is 19.6. The number of rotatable bonds is 10. The Morgan fingerprint density at radius 3 is 2.07 bits per heavy atom. The number of nitrogens with zero attached hydrogens (tertiary/aromatic N) is 1. The minimum atomic E-state index is -1.63. The summed E-state index contributed by atoms with van der Waals surface area (Å²) < 4.78 is 0. The Hall–Kier alpha value is -3.11. The maximum absolute atomic E-state index is 12.2. The molecule has 6 rings (SSSR count). The number of allylic oxidation sites excluding steroid dienone is 2. The van der Waals surface area contributed by atoms with Crippen LogP contribution in [0.3, 0.4) is 0 Å². The molecule has 1 aliphatic rings. The first-order chi connectivity index (χ1) is 25.1. The van der Waals surface area contributed by atoms with E-state index < -0.39 is 8.07 Å². The molecule has 1 fully saturated rings. The molecule has 54 heavy (non-hydrogen) atoms. The Balaban J connectivity index is 0.000000309. The molecule has 5 aromatic rings. The van der Waals surface area contributed by atoms with Gasteiger partial charge in [0, 0.05) is 48.9 Å². The zero-order chi connectivity index (χ0) is 38.7. The van der Waals surface area contributed by atoms with Gasteiger partial charge in [-0.05, 0) is 91.5 Å². The molecule has 1 radical (unpaired) electrons. The van der Waals surface area contributed by atoms with Crippen molar-refractivity contribution < 1.29 is 30.0 Å². The van der Waals surface area contributed by atoms with Gasteiger partial charge in [-0.25, -0.2) is 0 Å². The van der Waals surface area contributed by atoms with Gasteiger partial charge in [-0.3, -0.25) is 9.78 Å². The summed E-state index contributed by atoms with van der Waals surface area (Å²) in [5.74, 6) is 0.971. The van der Waals surface area contributed by atoms with Crippen LogP contribution in [-0.4, -0.2) is 23.9 Å². The molecule has 1 aromatic heterocycles. The maximum atomic E-state index is 12.2. The normalized spacial score (nSPS) is 14.5. The van der Waals surface area contributed by atoms with Crippen LogP contribution in [0, 0.1) is 30.7 Å². The van der Waals surface area contributed by atoms with Crippen LogP contribution < -0.4 is 5.19 Å². The minimum Gasteiger partial charge on any atom is -0.512 e. The van der Waals surface area contributed by atoms with Crippen LogP contribution in [0.5, 0.6) is 0 Å². The first-order valence-corrected chi connectivity index (χ1v) is 23.8. The van der Waals surface area contributed by atoms with E-state index in [0.29, 0.717) is 5.92 Å². The van der Waals surface area contributed by atoms with Crippen molar-refractivity contribution in [2.45, 2.75) is 139 Å². The van der Waals surface area contributed by atoms with E-state index in [1.807, 2.05) is 47.7 Å². The number of carbonyl (C=O) groups is 1. The van der Waals surface area contributed by atoms with E-state index in [9.17, 15) is 9.90 Å². The third kappa shape index (κ3) is 8.95. The van der Waals surface area contributed by atoms with Crippen LogP contribution >= 0.6 is 0 Å². The first kappa shape index (κ1) is 43.6. The topological polar surface area (TPSA) is 50.2 Å². The minimum absolute atomic E-state index is 0. The largest absolute Gasteiger partial charge is 0.512 e. The average molecular weight is 919 g/mol. The molecule has 0 atom stereocenters. The molecule has 1 aliphatic carbocycles. The van der Waals surface area contributed by atoms with Crippen molar-refractivity contribution in [1.29, 1.82) is 0 Å². The van der Waals surface area contributed by atoms with Crippen molar-refractivity contribution in [2.75, 3.05) is 0 Å². The molecular weight excluding hydrogens is 855 g/mol. The van der Waals surface area contributed by atoms with Crippen molar-refractivity contribution in [3.05, 3.63) is 95.4 Å². The molecule has 1 N–H and O–H groups in total. The summed E-state index contributed by atoms with van der Waals surface area (Å²) in [6.45, 7) is 23.9. The second-order valence-electron chi connectivity index (χ2n) is 17.4. The number of aliphatic hydroxyl groups excluding tert-OH is 1. The van der Waals surface area contributed by atoms with Crippen molar-refractivity contribution >= 4 is 51.4 Å². The van der Waals surface area contributed by atoms with Crippen LogP contribution in [-0.2, 0) is 24.9 Å². The van der Waals surface area contributed by atoms with Gasteiger partial charge in [0.1, 0.15) is 5.76 Å². The summed E-state index contributed by atoms with van der Waals surface area (Å²) in [7, 11) is -1.63. The second-order valence-corrected chi connectivity index (χ2v) is 22.4. The number of aliphatic hydroxyl groups is 1. The van der Waals surface area contributed by atoms with Gasteiger partial charge in [-0.1, -0.05) is 139 Å². The van der Waals surface area contributed by atoms with E-state index in [-0.39, 0.29) is 42.5 Å². The van der Waals surface area contributed by atoms with Gasteiger partial charge in [-0.15, -0.1) is 28.8 Å². The van der Waals surface area contributed by atoms with E-state index in [0.717, 1.165) is 36.9 Å². The fourth-order valence-corrected chi connectivity index (χ4v) is 9.82. The monoisotopic (exact) mass is 919 g/mol. The third-order valence-electron chi connectivity index (χ3n) is 12.9. The SMILES string of the molecule is CCC(C)(CC)C(=O)/C=C(\O)C(C)(CC)CC.Cc1cc(C)c2ccc3c(-c4[c-]c5cccc(C6CCCCC6)c5c([Si](C)(C)C)c4)nccc3c2c1.[Ir]. The average Bonchev–Trinajstić information content (AvgIpc) is 3.16. The molecule has 0 unspecified atom stereocenters. The number of pyridine rings is 1. The fraction of sp³-hybridized carbons (Fsp3) is 0.469. The number of benzene rings is 4. The molecular formula is C49H64IrNO2Si-. The fourth-order valence-electron chi connectivity index (χ4n) is 8.21. The van der Waals surface area contributed by atoms with Gasteiger partial charge in [0.05, 0.1) is 8.07 Å².